The fourth-order valence-corrected chi connectivity index (χ4v) is 1.27. The van der Waals surface area contributed by atoms with Gasteiger partial charge >= 0.3 is 5.97 Å². The van der Waals surface area contributed by atoms with Gasteiger partial charge in [0.2, 0.25) is 0 Å². The predicted molar refractivity (Wildman–Crippen MR) is 64.8 cm³/mol. The van der Waals surface area contributed by atoms with E-state index in [1.54, 1.807) is 0 Å². The summed E-state index contributed by atoms with van der Waals surface area (Å²) in [5.74, 6) is 0.488. The first-order valence-electron chi connectivity index (χ1n) is 5.76. The Balaban J connectivity index is 2.65. The second-order valence-electron chi connectivity index (χ2n) is 6.20. The van der Waals surface area contributed by atoms with E-state index in [9.17, 15) is 4.79 Å². The first-order chi connectivity index (χ1) is 7.58. The van der Waals surface area contributed by atoms with Crippen molar-refractivity contribution >= 4 is 5.97 Å². The van der Waals surface area contributed by atoms with Gasteiger partial charge in [0.05, 0.1) is 12.1 Å². The van der Waals surface area contributed by atoms with E-state index in [4.69, 9.17) is 9.26 Å². The molecule has 96 valence electrons. The minimum Gasteiger partial charge on any atom is -0.460 e. The van der Waals surface area contributed by atoms with Gasteiger partial charge in [0.1, 0.15) is 11.4 Å². The molecule has 0 atom stereocenters. The number of hydrogen-bond acceptors (Lipinski definition) is 4. The van der Waals surface area contributed by atoms with Gasteiger partial charge in [-0.1, -0.05) is 25.9 Å². The molecule has 0 amide bonds. The fraction of sp³-hybridized carbons (Fsp3) is 0.692. The molecule has 0 bridgehead atoms. The Kier molecular flexibility index (Phi) is 3.65. The molecule has 0 aliphatic rings. The summed E-state index contributed by atoms with van der Waals surface area (Å²) in [6.45, 7) is 11.6. The highest BCUT2D eigenvalue weighted by atomic mass is 16.6. The lowest BCUT2D eigenvalue weighted by Gasteiger charge is -2.18. The van der Waals surface area contributed by atoms with Crippen molar-refractivity contribution in [3.05, 3.63) is 17.5 Å². The largest absolute Gasteiger partial charge is 0.460 e. The van der Waals surface area contributed by atoms with Crippen LogP contribution in [0.5, 0.6) is 0 Å². The summed E-state index contributed by atoms with van der Waals surface area (Å²) in [4.78, 5) is 11.6. The molecule has 0 radical (unpaired) electrons. The summed E-state index contributed by atoms with van der Waals surface area (Å²) in [5, 5.41) is 3.88. The van der Waals surface area contributed by atoms with Gasteiger partial charge in [-0.15, -0.1) is 0 Å². The normalized spacial score (nSPS) is 12.6. The topological polar surface area (TPSA) is 52.3 Å². The van der Waals surface area contributed by atoms with Gasteiger partial charge in [-0.3, -0.25) is 4.79 Å². The quantitative estimate of drug-likeness (QED) is 0.745. The van der Waals surface area contributed by atoms with Crippen LogP contribution in [0.2, 0.25) is 0 Å². The molecule has 4 heteroatoms. The van der Waals surface area contributed by atoms with Crippen molar-refractivity contribution in [1.82, 2.24) is 5.16 Å². The molecule has 1 aromatic heterocycles. The summed E-state index contributed by atoms with van der Waals surface area (Å²) in [6, 6.07) is 1.81. The van der Waals surface area contributed by atoms with Crippen molar-refractivity contribution in [2.24, 2.45) is 0 Å². The summed E-state index contributed by atoms with van der Waals surface area (Å²) in [6.07, 6.45) is 0.150. The monoisotopic (exact) mass is 239 g/mol. The zero-order valence-electron chi connectivity index (χ0n) is 11.5. The van der Waals surface area contributed by atoms with Crippen molar-refractivity contribution in [1.29, 1.82) is 0 Å². The van der Waals surface area contributed by atoms with Gasteiger partial charge in [0.15, 0.2) is 0 Å². The van der Waals surface area contributed by atoms with Gasteiger partial charge in [0.25, 0.3) is 0 Å². The smallest absolute Gasteiger partial charge is 0.312 e. The molecular weight excluding hydrogens is 218 g/mol. The molecule has 0 saturated heterocycles. The molecule has 0 fully saturated rings. The zero-order valence-corrected chi connectivity index (χ0v) is 11.5. The lowest BCUT2D eigenvalue weighted by Crippen LogP contribution is -2.25. The highest BCUT2D eigenvalue weighted by molar-refractivity contribution is 5.72. The van der Waals surface area contributed by atoms with E-state index in [2.05, 4.69) is 5.16 Å². The Bertz CT molecular complexity index is 394. The molecule has 0 unspecified atom stereocenters. The van der Waals surface area contributed by atoms with Crippen LogP contribution in [0.25, 0.3) is 0 Å². The fourth-order valence-electron chi connectivity index (χ4n) is 1.27. The maximum atomic E-state index is 11.6. The second kappa shape index (κ2) is 4.51. The van der Waals surface area contributed by atoms with Crippen LogP contribution < -0.4 is 0 Å². The number of rotatable bonds is 2. The van der Waals surface area contributed by atoms with Gasteiger partial charge in [0, 0.05) is 11.5 Å². The van der Waals surface area contributed by atoms with E-state index in [1.165, 1.54) is 0 Å². The third-order valence-corrected chi connectivity index (χ3v) is 2.04. The van der Waals surface area contributed by atoms with E-state index in [0.29, 0.717) is 5.69 Å². The van der Waals surface area contributed by atoms with Gasteiger partial charge in [-0.25, -0.2) is 0 Å². The predicted octanol–water partition coefficient (Wildman–Crippen LogP) is 2.86. The molecule has 17 heavy (non-hydrogen) atoms. The maximum Gasteiger partial charge on any atom is 0.312 e. The van der Waals surface area contributed by atoms with Crippen LogP contribution in [0.4, 0.5) is 0 Å². The maximum absolute atomic E-state index is 11.6. The number of carbonyl (C=O) groups is 1. The van der Waals surface area contributed by atoms with Gasteiger partial charge in [-0.05, 0) is 20.8 Å². The first-order valence-corrected chi connectivity index (χ1v) is 5.76. The lowest BCUT2D eigenvalue weighted by molar-refractivity contribution is -0.154. The molecule has 0 saturated carbocycles. The molecule has 1 rings (SSSR count). The summed E-state index contributed by atoms with van der Waals surface area (Å²) < 4.78 is 10.4. The third kappa shape index (κ3) is 4.59. The Hall–Kier alpha value is -1.32. The van der Waals surface area contributed by atoms with Crippen molar-refractivity contribution in [3.8, 4) is 0 Å². The molecule has 0 N–H and O–H groups in total. The lowest BCUT2D eigenvalue weighted by atomic mass is 9.93. The molecule has 4 nitrogen and oxygen atoms in total. The molecule has 1 aromatic rings. The number of esters is 1. The number of hydrogen-bond donors (Lipinski definition) is 0. The highest BCUT2D eigenvalue weighted by Crippen LogP contribution is 2.23. The molecule has 0 aromatic carbocycles. The van der Waals surface area contributed by atoms with E-state index in [-0.39, 0.29) is 17.8 Å². The highest BCUT2D eigenvalue weighted by Gasteiger charge is 2.22. The summed E-state index contributed by atoms with van der Waals surface area (Å²) in [7, 11) is 0. The minimum absolute atomic E-state index is 0.0980. The second-order valence-corrected chi connectivity index (χ2v) is 6.20. The van der Waals surface area contributed by atoms with Crippen LogP contribution in [0.15, 0.2) is 10.6 Å². The standard InChI is InChI=1S/C13H21NO3/c1-12(2,3)10-7-9(14-17-10)8-11(15)16-13(4,5)6/h7H,8H2,1-6H3. The van der Waals surface area contributed by atoms with E-state index in [1.807, 2.05) is 47.6 Å². The zero-order chi connectivity index (χ0) is 13.3. The van der Waals surface area contributed by atoms with E-state index >= 15 is 0 Å². The van der Waals surface area contributed by atoms with Crippen molar-refractivity contribution in [2.75, 3.05) is 0 Å². The van der Waals surface area contributed by atoms with Crippen LogP contribution in [0, 0.1) is 0 Å². The summed E-state index contributed by atoms with van der Waals surface area (Å²) in [5.41, 5.74) is 0.0523. The van der Waals surface area contributed by atoms with Crippen molar-refractivity contribution in [3.63, 3.8) is 0 Å². The van der Waals surface area contributed by atoms with Crippen LogP contribution in [0.3, 0.4) is 0 Å². The summed E-state index contributed by atoms with van der Waals surface area (Å²) >= 11 is 0. The van der Waals surface area contributed by atoms with Crippen molar-refractivity contribution in [2.45, 2.75) is 59.0 Å². The average molecular weight is 239 g/mol. The Morgan fingerprint density at radius 2 is 1.88 bits per heavy atom. The van der Waals surface area contributed by atoms with E-state index < -0.39 is 5.60 Å². The number of carbonyl (C=O) groups excluding carboxylic acids is 1. The van der Waals surface area contributed by atoms with Gasteiger partial charge in [-0.2, -0.15) is 0 Å². The minimum atomic E-state index is -0.465. The number of aromatic nitrogens is 1. The van der Waals surface area contributed by atoms with Crippen LogP contribution in [0.1, 0.15) is 53.0 Å². The average Bonchev–Trinajstić information content (AvgIpc) is 2.47. The van der Waals surface area contributed by atoms with E-state index in [0.717, 1.165) is 5.76 Å². The SMILES string of the molecule is CC(C)(C)OC(=O)Cc1cc(C(C)(C)C)on1. The molecule has 0 aliphatic carbocycles. The Labute approximate surface area is 102 Å². The van der Waals surface area contributed by atoms with Crippen LogP contribution in [-0.2, 0) is 21.4 Å². The van der Waals surface area contributed by atoms with Crippen LogP contribution >= 0.6 is 0 Å². The molecular formula is C13H21NO3. The van der Waals surface area contributed by atoms with Crippen LogP contribution in [-0.4, -0.2) is 16.7 Å². The number of ether oxygens (including phenoxy) is 1. The first kappa shape index (κ1) is 13.7. The molecule has 0 aliphatic heterocycles. The van der Waals surface area contributed by atoms with Crippen molar-refractivity contribution < 1.29 is 14.1 Å². The Morgan fingerprint density at radius 1 is 1.29 bits per heavy atom. The molecule has 0 spiro atoms. The molecule has 1 heterocycles. The Morgan fingerprint density at radius 3 is 2.29 bits per heavy atom. The number of nitrogens with zero attached hydrogens (tertiary/aromatic N) is 1. The van der Waals surface area contributed by atoms with Gasteiger partial charge < -0.3 is 9.26 Å². The third-order valence-electron chi connectivity index (χ3n) is 2.04.